The number of aryl methyl sites for hydroxylation is 1. The van der Waals surface area contributed by atoms with Crippen LogP contribution in [0.3, 0.4) is 0 Å². The number of hydrogen-bond acceptors (Lipinski definition) is 6. The van der Waals surface area contributed by atoms with Crippen LogP contribution in [-0.4, -0.2) is 49.5 Å². The molecule has 1 aliphatic heterocycles. The third-order valence-corrected chi connectivity index (χ3v) is 5.54. The van der Waals surface area contributed by atoms with E-state index in [0.29, 0.717) is 43.0 Å². The molecule has 170 valence electrons. The second-order valence-corrected chi connectivity index (χ2v) is 7.70. The molecule has 2 aromatic carbocycles. The van der Waals surface area contributed by atoms with Gasteiger partial charge >= 0.3 is 0 Å². The van der Waals surface area contributed by atoms with Gasteiger partial charge in [0.15, 0.2) is 0 Å². The van der Waals surface area contributed by atoms with Crippen molar-refractivity contribution in [2.24, 2.45) is 0 Å². The number of rotatable bonds is 8. The van der Waals surface area contributed by atoms with E-state index in [1.165, 1.54) is 17.0 Å². The Bertz CT molecular complexity index is 1170. The predicted octanol–water partition coefficient (Wildman–Crippen LogP) is 3.50. The summed E-state index contributed by atoms with van der Waals surface area (Å²) in [5.74, 6) is -1.04. The van der Waals surface area contributed by atoms with Gasteiger partial charge in [-0.25, -0.2) is 4.98 Å². The number of phenolic OH excluding ortho intramolecular Hbond substituents is 1. The van der Waals surface area contributed by atoms with E-state index in [1.807, 2.05) is 17.7 Å². The molecule has 2 heterocycles. The van der Waals surface area contributed by atoms with Gasteiger partial charge in [0.1, 0.15) is 17.3 Å². The Morgan fingerprint density at radius 3 is 2.61 bits per heavy atom. The van der Waals surface area contributed by atoms with E-state index in [9.17, 15) is 19.8 Å². The normalized spacial score (nSPS) is 17.5. The Morgan fingerprint density at radius 2 is 1.91 bits per heavy atom. The van der Waals surface area contributed by atoms with Crippen molar-refractivity contribution in [3.8, 4) is 11.5 Å². The largest absolute Gasteiger partial charge is 0.508 e. The molecule has 0 saturated carbocycles. The standard InChI is InChI=1S/C25H25N3O5/c1-2-33-20-6-3-5-18(15-20)23(30)21-22(17-7-9-19(29)10-8-17)28(25(32)24(21)31)13-4-12-27-14-11-26-16-27/h3,5-11,14-16,22,29-30H,2,4,12-13H2,1H3/b23-21+. The summed E-state index contributed by atoms with van der Waals surface area (Å²) in [5, 5.41) is 20.9. The number of carbonyl (C=O) groups is 2. The Hall–Kier alpha value is -4.07. The molecule has 0 aliphatic carbocycles. The first-order valence-electron chi connectivity index (χ1n) is 10.8. The molecule has 1 atom stereocenters. The van der Waals surface area contributed by atoms with Crippen LogP contribution >= 0.6 is 0 Å². The zero-order valence-electron chi connectivity index (χ0n) is 18.2. The first-order chi connectivity index (χ1) is 16.0. The Balaban J connectivity index is 1.73. The number of carbonyl (C=O) groups excluding carboxylic acids is 2. The van der Waals surface area contributed by atoms with Crippen LogP contribution in [0.2, 0.25) is 0 Å². The number of nitrogens with zero attached hydrogens (tertiary/aromatic N) is 3. The summed E-state index contributed by atoms with van der Waals surface area (Å²) in [6.45, 7) is 3.25. The van der Waals surface area contributed by atoms with Crippen molar-refractivity contribution in [2.75, 3.05) is 13.2 Å². The maximum Gasteiger partial charge on any atom is 0.295 e. The molecule has 1 aromatic heterocycles. The fraction of sp³-hybridized carbons (Fsp3) is 0.240. The van der Waals surface area contributed by atoms with Gasteiger partial charge in [-0.1, -0.05) is 24.3 Å². The van der Waals surface area contributed by atoms with E-state index in [1.54, 1.807) is 48.9 Å². The summed E-state index contributed by atoms with van der Waals surface area (Å²) in [7, 11) is 0. The average Bonchev–Trinajstić information content (AvgIpc) is 3.42. The molecule has 33 heavy (non-hydrogen) atoms. The minimum absolute atomic E-state index is 0.0157. The van der Waals surface area contributed by atoms with Crippen molar-refractivity contribution in [3.05, 3.63) is 84.0 Å². The SMILES string of the molecule is CCOc1cccc(/C(O)=C2\C(=O)C(=O)N(CCCn3ccnc3)C2c2ccc(O)cc2)c1. The van der Waals surface area contributed by atoms with Crippen molar-refractivity contribution >= 4 is 17.4 Å². The lowest BCUT2D eigenvalue weighted by molar-refractivity contribution is -0.139. The molecule has 8 nitrogen and oxygen atoms in total. The second-order valence-electron chi connectivity index (χ2n) is 7.70. The second kappa shape index (κ2) is 9.60. The highest BCUT2D eigenvalue weighted by Gasteiger charge is 2.45. The Kier molecular flexibility index (Phi) is 6.44. The molecule has 1 unspecified atom stereocenters. The van der Waals surface area contributed by atoms with Crippen molar-refractivity contribution < 1.29 is 24.5 Å². The highest BCUT2D eigenvalue weighted by Crippen LogP contribution is 2.40. The van der Waals surface area contributed by atoms with Gasteiger partial charge in [0.2, 0.25) is 0 Å². The number of aliphatic hydroxyl groups excluding tert-OH is 1. The van der Waals surface area contributed by atoms with E-state index < -0.39 is 17.7 Å². The van der Waals surface area contributed by atoms with Gasteiger partial charge in [-0.05, 0) is 43.2 Å². The molecule has 3 aromatic rings. The van der Waals surface area contributed by atoms with E-state index in [0.717, 1.165) is 0 Å². The van der Waals surface area contributed by atoms with Crippen LogP contribution in [0.1, 0.15) is 30.5 Å². The lowest BCUT2D eigenvalue weighted by Gasteiger charge is -2.25. The summed E-state index contributed by atoms with van der Waals surface area (Å²) >= 11 is 0. The van der Waals surface area contributed by atoms with Gasteiger partial charge in [0.25, 0.3) is 11.7 Å². The van der Waals surface area contributed by atoms with Crippen LogP contribution in [0.15, 0.2) is 72.8 Å². The van der Waals surface area contributed by atoms with Crippen molar-refractivity contribution in [1.29, 1.82) is 0 Å². The summed E-state index contributed by atoms with van der Waals surface area (Å²) < 4.78 is 7.40. The zero-order chi connectivity index (χ0) is 23.4. The number of amides is 1. The summed E-state index contributed by atoms with van der Waals surface area (Å²) in [5.41, 5.74) is 1.03. The highest BCUT2D eigenvalue weighted by molar-refractivity contribution is 6.46. The predicted molar refractivity (Wildman–Crippen MR) is 122 cm³/mol. The molecule has 4 rings (SSSR count). The molecule has 1 aliphatic rings. The van der Waals surface area contributed by atoms with Gasteiger partial charge in [-0.15, -0.1) is 0 Å². The van der Waals surface area contributed by atoms with Gasteiger partial charge in [-0.2, -0.15) is 0 Å². The first kappa shape index (κ1) is 22.1. The summed E-state index contributed by atoms with van der Waals surface area (Å²) in [6.07, 6.45) is 5.80. The number of hydrogen-bond donors (Lipinski definition) is 2. The first-order valence-corrected chi connectivity index (χ1v) is 10.8. The maximum atomic E-state index is 13.1. The molecule has 1 fully saturated rings. The molecule has 0 radical (unpaired) electrons. The fourth-order valence-corrected chi connectivity index (χ4v) is 4.01. The fourth-order valence-electron chi connectivity index (χ4n) is 4.01. The molecule has 8 heteroatoms. The summed E-state index contributed by atoms with van der Waals surface area (Å²) in [6, 6.07) is 12.3. The average molecular weight is 447 g/mol. The van der Waals surface area contributed by atoms with Crippen LogP contribution in [-0.2, 0) is 16.1 Å². The number of aliphatic hydroxyl groups is 1. The minimum Gasteiger partial charge on any atom is -0.508 e. The number of likely N-dealkylation sites (tertiary alicyclic amines) is 1. The van der Waals surface area contributed by atoms with Crippen LogP contribution in [0.4, 0.5) is 0 Å². The number of aromatic hydroxyl groups is 1. The van der Waals surface area contributed by atoms with Crippen LogP contribution in [0.5, 0.6) is 11.5 Å². The van der Waals surface area contributed by atoms with E-state index in [4.69, 9.17) is 4.74 Å². The van der Waals surface area contributed by atoms with Gasteiger partial charge in [-0.3, -0.25) is 9.59 Å². The number of imidazole rings is 1. The third kappa shape index (κ3) is 4.59. The zero-order valence-corrected chi connectivity index (χ0v) is 18.2. The van der Waals surface area contributed by atoms with Crippen LogP contribution in [0, 0.1) is 0 Å². The van der Waals surface area contributed by atoms with Crippen molar-refractivity contribution in [2.45, 2.75) is 25.9 Å². The number of ketones is 1. The van der Waals surface area contributed by atoms with Gasteiger partial charge < -0.3 is 24.4 Å². The molecular weight excluding hydrogens is 422 g/mol. The lowest BCUT2D eigenvalue weighted by Crippen LogP contribution is -2.31. The van der Waals surface area contributed by atoms with E-state index in [-0.39, 0.29) is 17.1 Å². The van der Waals surface area contributed by atoms with E-state index >= 15 is 0 Å². The molecule has 2 N–H and O–H groups in total. The van der Waals surface area contributed by atoms with Crippen LogP contribution in [0.25, 0.3) is 5.76 Å². The number of phenols is 1. The number of benzene rings is 2. The van der Waals surface area contributed by atoms with Gasteiger partial charge in [0, 0.05) is 31.0 Å². The molecule has 0 spiro atoms. The monoisotopic (exact) mass is 447 g/mol. The smallest absolute Gasteiger partial charge is 0.295 e. The minimum atomic E-state index is -0.774. The quantitative estimate of drug-likeness (QED) is 0.311. The number of aromatic nitrogens is 2. The van der Waals surface area contributed by atoms with E-state index in [2.05, 4.69) is 4.98 Å². The topological polar surface area (TPSA) is 105 Å². The van der Waals surface area contributed by atoms with Gasteiger partial charge in [0.05, 0.1) is 24.5 Å². The Labute approximate surface area is 191 Å². The molecular formula is C25H25N3O5. The molecule has 1 saturated heterocycles. The maximum absolute atomic E-state index is 13.1. The van der Waals surface area contributed by atoms with Crippen molar-refractivity contribution in [3.63, 3.8) is 0 Å². The molecule has 0 bridgehead atoms. The number of ether oxygens (including phenoxy) is 1. The highest BCUT2D eigenvalue weighted by atomic mass is 16.5. The number of Topliss-reactive ketones (excluding diaryl/α,β-unsaturated/α-hetero) is 1. The lowest BCUT2D eigenvalue weighted by atomic mass is 9.95. The van der Waals surface area contributed by atoms with Crippen molar-refractivity contribution in [1.82, 2.24) is 14.5 Å². The van der Waals surface area contributed by atoms with Crippen LogP contribution < -0.4 is 4.74 Å². The summed E-state index contributed by atoms with van der Waals surface area (Å²) in [4.78, 5) is 31.6. The third-order valence-electron chi connectivity index (χ3n) is 5.54. The molecule has 1 amide bonds. The Morgan fingerprint density at radius 1 is 1.12 bits per heavy atom.